The molecule has 0 bridgehead atoms. The van der Waals surface area contributed by atoms with E-state index < -0.39 is 21.6 Å². The number of carbonyl (C=O) groups excluding carboxylic acids is 1. The van der Waals surface area contributed by atoms with Crippen LogP contribution in [-0.2, 0) is 17.6 Å². The van der Waals surface area contributed by atoms with Crippen LogP contribution in [0.3, 0.4) is 0 Å². The van der Waals surface area contributed by atoms with Crippen LogP contribution >= 0.6 is 22.6 Å². The predicted octanol–water partition coefficient (Wildman–Crippen LogP) is 3.76. The smallest absolute Gasteiger partial charge is 0.244 e. The Morgan fingerprint density at radius 3 is 2.55 bits per heavy atom. The van der Waals surface area contributed by atoms with Gasteiger partial charge in [0.1, 0.15) is 15.7 Å². The summed E-state index contributed by atoms with van der Waals surface area (Å²) in [7, 11) is 3.15. The van der Waals surface area contributed by atoms with Crippen molar-refractivity contribution in [3.63, 3.8) is 0 Å². The second kappa shape index (κ2) is 9.25. The largest absolute Gasteiger partial charge is 0.493 e. The van der Waals surface area contributed by atoms with Crippen LogP contribution in [0, 0.1) is 11.6 Å². The number of alkyl halides is 1. The van der Waals surface area contributed by atoms with E-state index in [0.717, 1.165) is 23.6 Å². The van der Waals surface area contributed by atoms with Crippen LogP contribution in [0.5, 0.6) is 11.5 Å². The van der Waals surface area contributed by atoms with Gasteiger partial charge in [-0.25, -0.2) is 8.78 Å². The number of nitrogens with two attached hydrogens (primary N) is 1. The molecule has 2 atom stereocenters. The minimum atomic E-state index is -0.603. The molecule has 2 aromatic rings. The van der Waals surface area contributed by atoms with E-state index in [9.17, 15) is 13.6 Å². The van der Waals surface area contributed by atoms with Crippen molar-refractivity contribution in [2.45, 2.75) is 29.4 Å². The number of primary amides is 1. The highest BCUT2D eigenvalue weighted by Crippen LogP contribution is 2.41. The summed E-state index contributed by atoms with van der Waals surface area (Å²) in [4.78, 5) is 13.9. The summed E-state index contributed by atoms with van der Waals surface area (Å²) in [5, 5.41) is 0. The van der Waals surface area contributed by atoms with Crippen LogP contribution in [0.25, 0.3) is 0 Å². The van der Waals surface area contributed by atoms with Crippen LogP contribution < -0.4 is 15.2 Å². The summed E-state index contributed by atoms with van der Waals surface area (Å²) in [6, 6.07) is 7.30. The third-order valence-corrected chi connectivity index (χ3v) is 6.60. The summed E-state index contributed by atoms with van der Waals surface area (Å²) in [6.45, 7) is 0.635. The molecule has 0 radical (unpaired) electrons. The Bertz CT molecular complexity index is 910. The molecule has 0 aliphatic carbocycles. The van der Waals surface area contributed by atoms with Gasteiger partial charge in [0, 0.05) is 18.7 Å². The number of carbonyl (C=O) groups is 1. The van der Waals surface area contributed by atoms with Gasteiger partial charge in [-0.05, 0) is 54.2 Å². The Kier molecular flexibility index (Phi) is 6.94. The van der Waals surface area contributed by atoms with Gasteiger partial charge in [0.2, 0.25) is 5.91 Å². The molecule has 2 aromatic carbocycles. The number of ether oxygens (including phenoxy) is 2. The highest BCUT2D eigenvalue weighted by molar-refractivity contribution is 14.1. The van der Waals surface area contributed by atoms with Crippen molar-refractivity contribution in [3.8, 4) is 11.5 Å². The lowest BCUT2D eigenvalue weighted by Crippen LogP contribution is -2.46. The third-order valence-electron chi connectivity index (χ3n) is 5.27. The number of hydrogen-bond donors (Lipinski definition) is 1. The van der Waals surface area contributed by atoms with E-state index in [1.807, 2.05) is 39.6 Å². The van der Waals surface area contributed by atoms with E-state index in [-0.39, 0.29) is 6.04 Å². The number of methoxy groups -OCH3 is 2. The molecular formula is C21H23F2IN2O3. The van der Waals surface area contributed by atoms with Gasteiger partial charge in [-0.1, -0.05) is 28.7 Å². The zero-order valence-corrected chi connectivity index (χ0v) is 18.4. The van der Waals surface area contributed by atoms with Gasteiger partial charge in [-0.15, -0.1) is 0 Å². The van der Waals surface area contributed by atoms with Crippen molar-refractivity contribution in [1.82, 2.24) is 4.90 Å². The first-order chi connectivity index (χ1) is 13.8. The fraction of sp³-hybridized carbons (Fsp3) is 0.381. The molecule has 0 saturated carbocycles. The van der Waals surface area contributed by atoms with Crippen LogP contribution in [-0.4, -0.2) is 35.6 Å². The number of fused-ring (bicyclic) bond motifs is 1. The minimum absolute atomic E-state index is 0.169. The lowest BCUT2D eigenvalue weighted by atomic mass is 9.88. The molecule has 1 amide bonds. The van der Waals surface area contributed by atoms with Gasteiger partial charge in [0.25, 0.3) is 0 Å². The molecule has 8 heteroatoms. The lowest BCUT2D eigenvalue weighted by molar-refractivity contribution is -0.120. The maximum Gasteiger partial charge on any atom is 0.244 e. The SMILES string of the molecule is COc1cc2c(cc1OC)[C@H](CCc1ccc(F)cc1F)N([C@H](I)C(N)=O)CC2. The Balaban J connectivity index is 1.97. The first kappa shape index (κ1) is 21.8. The molecule has 0 unspecified atom stereocenters. The van der Waals surface area contributed by atoms with Crippen molar-refractivity contribution < 1.29 is 23.0 Å². The van der Waals surface area contributed by atoms with Crippen LogP contribution in [0.4, 0.5) is 8.78 Å². The highest BCUT2D eigenvalue weighted by Gasteiger charge is 2.34. The molecule has 156 valence electrons. The normalized spacial score (nSPS) is 17.5. The van der Waals surface area contributed by atoms with E-state index in [1.165, 1.54) is 12.1 Å². The van der Waals surface area contributed by atoms with Gasteiger partial charge >= 0.3 is 0 Å². The van der Waals surface area contributed by atoms with Crippen molar-refractivity contribution >= 4 is 28.5 Å². The first-order valence-corrected chi connectivity index (χ1v) is 10.5. The van der Waals surface area contributed by atoms with E-state index in [2.05, 4.69) is 0 Å². The van der Waals surface area contributed by atoms with E-state index in [0.29, 0.717) is 36.4 Å². The average molecular weight is 516 g/mol. The van der Waals surface area contributed by atoms with Gasteiger partial charge in [0.15, 0.2) is 11.5 Å². The summed E-state index contributed by atoms with van der Waals surface area (Å²) in [5.41, 5.74) is 8.09. The molecular weight excluding hydrogens is 493 g/mol. The highest BCUT2D eigenvalue weighted by atomic mass is 127. The van der Waals surface area contributed by atoms with Crippen molar-refractivity contribution in [2.24, 2.45) is 5.73 Å². The monoisotopic (exact) mass is 516 g/mol. The molecule has 0 spiro atoms. The van der Waals surface area contributed by atoms with Gasteiger partial charge in [-0.3, -0.25) is 9.69 Å². The van der Waals surface area contributed by atoms with Crippen LogP contribution in [0.2, 0.25) is 0 Å². The standard InChI is InChI=1S/C21H23F2IN2O3/c1-28-18-9-13-7-8-26(20(24)21(25)27)17(15(13)11-19(18)29-2)6-4-12-3-5-14(22)10-16(12)23/h3,5,9-11,17,20H,4,6-8H2,1-2H3,(H2,25,27)/t17-,20-/m0/s1. The maximum atomic E-state index is 14.1. The molecule has 0 aromatic heterocycles. The molecule has 0 fully saturated rings. The van der Waals surface area contributed by atoms with E-state index in [1.54, 1.807) is 14.2 Å². The number of benzene rings is 2. The van der Waals surface area contributed by atoms with Gasteiger partial charge in [0.05, 0.1) is 14.2 Å². The van der Waals surface area contributed by atoms with Crippen LogP contribution in [0.1, 0.15) is 29.2 Å². The molecule has 5 nitrogen and oxygen atoms in total. The number of amides is 1. The van der Waals surface area contributed by atoms with Crippen molar-refractivity contribution in [3.05, 3.63) is 58.7 Å². The topological polar surface area (TPSA) is 64.8 Å². The Hall–Kier alpha value is -1.94. The molecule has 1 aliphatic rings. The summed E-state index contributed by atoms with van der Waals surface area (Å²) < 4.78 is 37.7. The summed E-state index contributed by atoms with van der Waals surface area (Å²) in [6.07, 6.45) is 1.66. The zero-order valence-electron chi connectivity index (χ0n) is 16.3. The van der Waals surface area contributed by atoms with E-state index >= 15 is 0 Å². The quantitative estimate of drug-likeness (QED) is 0.346. The lowest BCUT2D eigenvalue weighted by Gasteiger charge is -2.39. The minimum Gasteiger partial charge on any atom is -0.493 e. The van der Waals surface area contributed by atoms with Gasteiger partial charge in [-0.2, -0.15) is 0 Å². The molecule has 2 N–H and O–H groups in total. The Labute approximate surface area is 182 Å². The van der Waals surface area contributed by atoms with Gasteiger partial charge < -0.3 is 15.2 Å². The number of nitrogens with zero attached hydrogens (tertiary/aromatic N) is 1. The number of hydrogen-bond acceptors (Lipinski definition) is 4. The van der Waals surface area contributed by atoms with E-state index in [4.69, 9.17) is 15.2 Å². The second-order valence-corrected chi connectivity index (χ2v) is 8.10. The van der Waals surface area contributed by atoms with Crippen molar-refractivity contribution in [1.29, 1.82) is 0 Å². The molecule has 1 heterocycles. The molecule has 1 aliphatic heterocycles. The fourth-order valence-corrected chi connectivity index (χ4v) is 4.49. The van der Waals surface area contributed by atoms with Crippen LogP contribution in [0.15, 0.2) is 30.3 Å². The summed E-state index contributed by atoms with van der Waals surface area (Å²) >= 11 is 2.03. The van der Waals surface area contributed by atoms with Crippen molar-refractivity contribution in [2.75, 3.05) is 20.8 Å². The number of aryl methyl sites for hydroxylation is 1. The molecule has 29 heavy (non-hydrogen) atoms. The maximum absolute atomic E-state index is 14.1. The Morgan fingerprint density at radius 1 is 1.24 bits per heavy atom. The predicted molar refractivity (Wildman–Crippen MR) is 114 cm³/mol. The number of rotatable bonds is 7. The second-order valence-electron chi connectivity index (χ2n) is 6.92. The number of halogens is 3. The fourth-order valence-electron chi connectivity index (χ4n) is 3.82. The summed E-state index contributed by atoms with van der Waals surface area (Å²) in [5.74, 6) is -0.360. The Morgan fingerprint density at radius 2 is 1.93 bits per heavy atom. The first-order valence-electron chi connectivity index (χ1n) is 9.23. The third kappa shape index (κ3) is 4.63. The zero-order chi connectivity index (χ0) is 21.1. The molecule has 0 saturated heterocycles. The molecule has 3 rings (SSSR count). The average Bonchev–Trinajstić information content (AvgIpc) is 2.71.